The average Bonchev–Trinajstić information content (AvgIpc) is 3.21. The molecule has 0 spiro atoms. The molecule has 0 radical (unpaired) electrons. The van der Waals surface area contributed by atoms with Gasteiger partial charge in [0.15, 0.2) is 0 Å². The molecule has 4 rings (SSSR count). The summed E-state index contributed by atoms with van der Waals surface area (Å²) in [4.78, 5) is 18.3. The molecule has 0 N–H and O–H groups in total. The molecule has 3 aromatic rings. The number of anilines is 1. The van der Waals surface area contributed by atoms with Crippen LogP contribution in [0, 0.1) is 11.6 Å². The Hall–Kier alpha value is -3.18. The monoisotopic (exact) mass is 535 g/mol. The van der Waals surface area contributed by atoms with E-state index in [-0.39, 0.29) is 23.5 Å². The number of ether oxygens (including phenoxy) is 2. The second-order valence-electron chi connectivity index (χ2n) is 10.2. The lowest BCUT2D eigenvalue weighted by Crippen LogP contribution is -2.49. The highest BCUT2D eigenvalue weighted by Gasteiger charge is 2.45. The molecule has 0 aliphatic carbocycles. The van der Waals surface area contributed by atoms with Crippen LogP contribution in [0.3, 0.4) is 0 Å². The van der Waals surface area contributed by atoms with E-state index in [0.717, 1.165) is 23.7 Å². The van der Waals surface area contributed by atoms with Crippen molar-refractivity contribution >= 4 is 30.7 Å². The second-order valence-corrected chi connectivity index (χ2v) is 15.8. The third-order valence-electron chi connectivity index (χ3n) is 6.12. The third kappa shape index (κ3) is 5.88. The van der Waals surface area contributed by atoms with Crippen LogP contribution in [-0.2, 0) is 16.3 Å². The average molecular weight is 536 g/mol. The van der Waals surface area contributed by atoms with Crippen LogP contribution in [-0.4, -0.2) is 43.2 Å². The summed E-state index contributed by atoms with van der Waals surface area (Å²) in [6, 6.07) is 6.95. The van der Waals surface area contributed by atoms with Gasteiger partial charge >= 0.3 is 0 Å². The van der Waals surface area contributed by atoms with E-state index in [0.29, 0.717) is 24.5 Å². The van der Waals surface area contributed by atoms with Gasteiger partial charge in [0.25, 0.3) is 5.91 Å². The molecule has 1 aliphatic rings. The predicted molar refractivity (Wildman–Crippen MR) is 136 cm³/mol. The van der Waals surface area contributed by atoms with Crippen LogP contribution in [0.25, 0.3) is 11.0 Å². The highest BCUT2D eigenvalue weighted by atomic mass is 28.3. The number of β-lactam (4-membered cyclic amide) rings is 1. The van der Waals surface area contributed by atoms with E-state index < -0.39 is 44.5 Å². The standard InChI is InChI=1S/C26H29F4N3O3Si/c1-16-25(24-19(27)12-18(13-20(24)28)36-8-7-23(29)30)33(26(16)34)17-5-6-22-21(11-17)31-14-32(22)15-35-9-10-37(2,3)4/h5-6,11-14,23,25H,1,7-10,15H2,2-4H3. The number of aromatic nitrogens is 2. The Morgan fingerprint density at radius 1 is 1.11 bits per heavy atom. The summed E-state index contributed by atoms with van der Waals surface area (Å²) in [5, 5.41) is 0. The lowest BCUT2D eigenvalue weighted by atomic mass is 9.87. The first-order valence-electron chi connectivity index (χ1n) is 11.9. The van der Waals surface area contributed by atoms with E-state index in [2.05, 4.69) is 31.2 Å². The first-order chi connectivity index (χ1) is 17.5. The number of amides is 1. The van der Waals surface area contributed by atoms with Crippen LogP contribution in [0.5, 0.6) is 5.75 Å². The molecule has 37 heavy (non-hydrogen) atoms. The van der Waals surface area contributed by atoms with E-state index in [1.165, 1.54) is 4.90 Å². The Kier molecular flexibility index (Phi) is 7.74. The van der Waals surface area contributed by atoms with Gasteiger partial charge in [0.2, 0.25) is 6.43 Å². The van der Waals surface area contributed by atoms with Crippen LogP contribution in [0.1, 0.15) is 18.0 Å². The van der Waals surface area contributed by atoms with Crippen LogP contribution in [0.15, 0.2) is 48.8 Å². The van der Waals surface area contributed by atoms with Crippen molar-refractivity contribution in [1.29, 1.82) is 0 Å². The molecule has 0 bridgehead atoms. The van der Waals surface area contributed by atoms with Crippen LogP contribution in [0.4, 0.5) is 23.2 Å². The van der Waals surface area contributed by atoms with Gasteiger partial charge in [-0.3, -0.25) is 9.69 Å². The Balaban J connectivity index is 1.53. The largest absolute Gasteiger partial charge is 0.493 e. The minimum Gasteiger partial charge on any atom is -0.493 e. The Bertz CT molecular complexity index is 1300. The summed E-state index contributed by atoms with van der Waals surface area (Å²) >= 11 is 0. The fourth-order valence-corrected chi connectivity index (χ4v) is 4.82. The van der Waals surface area contributed by atoms with Crippen molar-refractivity contribution in [3.8, 4) is 5.75 Å². The van der Waals surface area contributed by atoms with E-state index in [1.807, 2.05) is 4.57 Å². The second kappa shape index (κ2) is 10.7. The van der Waals surface area contributed by atoms with Gasteiger partial charge in [-0.05, 0) is 24.2 Å². The predicted octanol–water partition coefficient (Wildman–Crippen LogP) is 6.30. The fraction of sp³-hybridized carbons (Fsp3) is 0.385. The van der Waals surface area contributed by atoms with Gasteiger partial charge in [-0.2, -0.15) is 0 Å². The zero-order chi connectivity index (χ0) is 26.9. The normalized spacial score (nSPS) is 16.1. The van der Waals surface area contributed by atoms with Gasteiger partial charge in [-0.15, -0.1) is 0 Å². The molecule has 11 heteroatoms. The molecular formula is C26H29F4N3O3Si. The van der Waals surface area contributed by atoms with Crippen molar-refractivity contribution in [1.82, 2.24) is 9.55 Å². The first kappa shape index (κ1) is 26.9. The SMILES string of the molecule is C=C1C(=O)N(c2ccc3c(c2)ncn3COCC[Si](C)(C)C)C1c1c(F)cc(OCCC(F)F)cc1F. The molecule has 1 fully saturated rings. The number of rotatable bonds is 11. The quantitative estimate of drug-likeness (QED) is 0.0950. The summed E-state index contributed by atoms with van der Waals surface area (Å²) < 4.78 is 67.3. The number of fused-ring (bicyclic) bond motifs is 1. The topological polar surface area (TPSA) is 56.6 Å². The maximum atomic E-state index is 15.0. The van der Waals surface area contributed by atoms with Crippen LogP contribution >= 0.6 is 0 Å². The van der Waals surface area contributed by atoms with Crippen molar-refractivity contribution < 1.29 is 31.8 Å². The number of hydrogen-bond donors (Lipinski definition) is 0. The molecule has 6 nitrogen and oxygen atoms in total. The smallest absolute Gasteiger partial charge is 0.256 e. The zero-order valence-electron chi connectivity index (χ0n) is 20.9. The van der Waals surface area contributed by atoms with E-state index in [4.69, 9.17) is 9.47 Å². The fourth-order valence-electron chi connectivity index (χ4n) is 4.07. The van der Waals surface area contributed by atoms with Gasteiger partial charge in [0, 0.05) is 44.5 Å². The molecule has 1 amide bonds. The summed E-state index contributed by atoms with van der Waals surface area (Å²) in [6.45, 7) is 11.2. The molecule has 1 unspecified atom stereocenters. The molecule has 0 saturated carbocycles. The summed E-state index contributed by atoms with van der Waals surface area (Å²) in [5.41, 5.74) is 1.47. The minimum absolute atomic E-state index is 0.0330. The number of carbonyl (C=O) groups is 1. The van der Waals surface area contributed by atoms with Crippen LogP contribution in [0.2, 0.25) is 25.7 Å². The Labute approximate surface area is 213 Å². The number of alkyl halides is 2. The molecule has 1 aromatic heterocycles. The maximum Gasteiger partial charge on any atom is 0.256 e. The number of carbonyl (C=O) groups excluding carboxylic acids is 1. The van der Waals surface area contributed by atoms with Crippen molar-refractivity contribution in [2.75, 3.05) is 18.1 Å². The van der Waals surface area contributed by atoms with Gasteiger partial charge < -0.3 is 14.0 Å². The summed E-state index contributed by atoms with van der Waals surface area (Å²) in [6.07, 6.45) is -1.50. The molecule has 1 saturated heterocycles. The van der Waals surface area contributed by atoms with Gasteiger partial charge in [-0.25, -0.2) is 22.5 Å². The van der Waals surface area contributed by atoms with E-state index in [9.17, 15) is 22.4 Å². The lowest BCUT2D eigenvalue weighted by Gasteiger charge is -2.42. The summed E-state index contributed by atoms with van der Waals surface area (Å²) in [5.74, 6) is -2.59. The van der Waals surface area contributed by atoms with Crippen molar-refractivity contribution in [3.63, 3.8) is 0 Å². The minimum atomic E-state index is -2.59. The maximum absolute atomic E-state index is 15.0. The highest BCUT2D eigenvalue weighted by molar-refractivity contribution is 6.76. The summed E-state index contributed by atoms with van der Waals surface area (Å²) in [7, 11) is -1.20. The van der Waals surface area contributed by atoms with Crippen LogP contribution < -0.4 is 9.64 Å². The highest BCUT2D eigenvalue weighted by Crippen LogP contribution is 2.45. The Morgan fingerprint density at radius 2 is 1.81 bits per heavy atom. The molecule has 1 atom stereocenters. The number of hydrogen-bond acceptors (Lipinski definition) is 4. The molecule has 2 heterocycles. The van der Waals surface area contributed by atoms with E-state index >= 15 is 0 Å². The first-order valence-corrected chi connectivity index (χ1v) is 15.6. The van der Waals surface area contributed by atoms with Gasteiger partial charge in [0.05, 0.1) is 35.6 Å². The van der Waals surface area contributed by atoms with Crippen molar-refractivity contribution in [2.45, 2.75) is 51.3 Å². The number of benzene rings is 2. The molecule has 1 aliphatic heterocycles. The number of halogens is 4. The third-order valence-corrected chi connectivity index (χ3v) is 7.83. The molecular weight excluding hydrogens is 506 g/mol. The number of imidazole rings is 1. The van der Waals surface area contributed by atoms with Crippen molar-refractivity contribution in [3.05, 3.63) is 66.0 Å². The van der Waals surface area contributed by atoms with Gasteiger partial charge in [-0.1, -0.05) is 26.2 Å². The van der Waals surface area contributed by atoms with Gasteiger partial charge in [0.1, 0.15) is 24.1 Å². The Morgan fingerprint density at radius 3 is 2.46 bits per heavy atom. The number of nitrogens with zero attached hydrogens (tertiary/aromatic N) is 3. The lowest BCUT2D eigenvalue weighted by molar-refractivity contribution is -0.119. The van der Waals surface area contributed by atoms with E-state index in [1.54, 1.807) is 24.5 Å². The van der Waals surface area contributed by atoms with Crippen molar-refractivity contribution in [2.24, 2.45) is 0 Å². The zero-order valence-corrected chi connectivity index (χ0v) is 21.9. The molecule has 2 aromatic carbocycles. The molecule has 198 valence electrons.